The maximum Gasteiger partial charge on any atom is 0.134 e. The summed E-state index contributed by atoms with van der Waals surface area (Å²) in [6.07, 6.45) is 0.880. The van der Waals surface area contributed by atoms with E-state index in [-0.39, 0.29) is 5.41 Å². The number of aryl methyl sites for hydroxylation is 1. The standard InChI is InChI=1S/C16H21N3/c1-12-11-14(13-7-5-4-6-8-13)19-15(18-12)16(2,3)9-10-17/h4-8,11H,9-10,17H2,1-3H3. The third kappa shape index (κ3) is 3.18. The first-order valence-corrected chi connectivity index (χ1v) is 6.64. The molecule has 3 nitrogen and oxygen atoms in total. The molecule has 2 rings (SSSR count). The Labute approximate surface area is 114 Å². The average molecular weight is 255 g/mol. The van der Waals surface area contributed by atoms with Crippen LogP contribution in [0.15, 0.2) is 36.4 Å². The predicted octanol–water partition coefficient (Wildman–Crippen LogP) is 3.08. The largest absolute Gasteiger partial charge is 0.330 e. The molecular formula is C16H21N3. The van der Waals surface area contributed by atoms with Crippen LogP contribution in [-0.2, 0) is 5.41 Å². The van der Waals surface area contributed by atoms with Gasteiger partial charge in [-0.2, -0.15) is 0 Å². The van der Waals surface area contributed by atoms with Crippen LogP contribution in [0, 0.1) is 6.92 Å². The van der Waals surface area contributed by atoms with E-state index < -0.39 is 0 Å². The van der Waals surface area contributed by atoms with Crippen LogP contribution in [0.5, 0.6) is 0 Å². The molecule has 0 spiro atoms. The molecule has 3 heteroatoms. The summed E-state index contributed by atoms with van der Waals surface area (Å²) >= 11 is 0. The lowest BCUT2D eigenvalue weighted by Crippen LogP contribution is -2.25. The lowest BCUT2D eigenvalue weighted by Gasteiger charge is -2.23. The van der Waals surface area contributed by atoms with Crippen molar-refractivity contribution in [3.8, 4) is 11.3 Å². The molecule has 0 amide bonds. The lowest BCUT2D eigenvalue weighted by atomic mass is 9.88. The van der Waals surface area contributed by atoms with Gasteiger partial charge in [0.1, 0.15) is 5.82 Å². The summed E-state index contributed by atoms with van der Waals surface area (Å²) in [5, 5.41) is 0. The van der Waals surface area contributed by atoms with E-state index in [0.717, 1.165) is 29.2 Å². The van der Waals surface area contributed by atoms with Crippen molar-refractivity contribution in [2.24, 2.45) is 5.73 Å². The second kappa shape index (κ2) is 5.49. The molecule has 19 heavy (non-hydrogen) atoms. The maximum absolute atomic E-state index is 5.68. The first-order chi connectivity index (χ1) is 9.03. The zero-order valence-electron chi connectivity index (χ0n) is 11.9. The van der Waals surface area contributed by atoms with Crippen LogP contribution < -0.4 is 5.73 Å². The molecule has 2 aromatic rings. The summed E-state index contributed by atoms with van der Waals surface area (Å²) in [5.74, 6) is 0.872. The fourth-order valence-electron chi connectivity index (χ4n) is 2.10. The molecule has 0 saturated heterocycles. The summed E-state index contributed by atoms with van der Waals surface area (Å²) in [6.45, 7) is 6.94. The minimum atomic E-state index is -0.0930. The van der Waals surface area contributed by atoms with Crippen molar-refractivity contribution in [2.75, 3.05) is 6.54 Å². The average Bonchev–Trinajstić information content (AvgIpc) is 2.39. The van der Waals surface area contributed by atoms with Gasteiger partial charge in [0.2, 0.25) is 0 Å². The molecule has 2 N–H and O–H groups in total. The maximum atomic E-state index is 5.68. The van der Waals surface area contributed by atoms with Crippen LogP contribution in [0.1, 0.15) is 31.8 Å². The molecule has 1 aromatic carbocycles. The van der Waals surface area contributed by atoms with E-state index in [1.165, 1.54) is 0 Å². The number of rotatable bonds is 4. The lowest BCUT2D eigenvalue weighted by molar-refractivity contribution is 0.456. The Morgan fingerprint density at radius 2 is 1.79 bits per heavy atom. The van der Waals surface area contributed by atoms with E-state index in [9.17, 15) is 0 Å². The first kappa shape index (κ1) is 13.7. The molecule has 0 unspecified atom stereocenters. The van der Waals surface area contributed by atoms with E-state index in [1.807, 2.05) is 31.2 Å². The van der Waals surface area contributed by atoms with Crippen LogP contribution in [-0.4, -0.2) is 16.5 Å². The second-order valence-corrected chi connectivity index (χ2v) is 5.51. The SMILES string of the molecule is Cc1cc(-c2ccccc2)nc(C(C)(C)CCN)n1. The van der Waals surface area contributed by atoms with Crippen molar-refractivity contribution < 1.29 is 0 Å². The predicted molar refractivity (Wildman–Crippen MR) is 78.9 cm³/mol. The van der Waals surface area contributed by atoms with Gasteiger partial charge in [0.05, 0.1) is 5.69 Å². The topological polar surface area (TPSA) is 51.8 Å². The highest BCUT2D eigenvalue weighted by molar-refractivity contribution is 5.59. The Morgan fingerprint density at radius 1 is 1.11 bits per heavy atom. The molecule has 0 atom stereocenters. The third-order valence-corrected chi connectivity index (χ3v) is 3.30. The molecule has 0 aliphatic carbocycles. The monoisotopic (exact) mass is 255 g/mol. The second-order valence-electron chi connectivity index (χ2n) is 5.51. The molecule has 0 aliphatic heterocycles. The fraction of sp³-hybridized carbons (Fsp3) is 0.375. The Kier molecular flexibility index (Phi) is 3.96. The van der Waals surface area contributed by atoms with Crippen molar-refractivity contribution in [1.82, 2.24) is 9.97 Å². The van der Waals surface area contributed by atoms with Gasteiger partial charge in [0.15, 0.2) is 0 Å². The van der Waals surface area contributed by atoms with Crippen molar-refractivity contribution >= 4 is 0 Å². The third-order valence-electron chi connectivity index (χ3n) is 3.30. The van der Waals surface area contributed by atoms with Crippen LogP contribution in [0.25, 0.3) is 11.3 Å². The van der Waals surface area contributed by atoms with Gasteiger partial charge >= 0.3 is 0 Å². The molecule has 0 aliphatic rings. The van der Waals surface area contributed by atoms with Crippen LogP contribution in [0.4, 0.5) is 0 Å². The Hall–Kier alpha value is -1.74. The highest BCUT2D eigenvalue weighted by atomic mass is 14.9. The van der Waals surface area contributed by atoms with E-state index in [4.69, 9.17) is 10.7 Å². The van der Waals surface area contributed by atoms with Gasteiger partial charge in [0, 0.05) is 16.7 Å². The zero-order chi connectivity index (χ0) is 13.9. The number of nitrogens with two attached hydrogens (primary N) is 1. The molecule has 0 saturated carbocycles. The highest BCUT2D eigenvalue weighted by Gasteiger charge is 2.23. The summed E-state index contributed by atoms with van der Waals surface area (Å²) in [5.41, 5.74) is 8.69. The number of hydrogen-bond acceptors (Lipinski definition) is 3. The molecule has 0 radical (unpaired) electrons. The number of nitrogens with zero attached hydrogens (tertiary/aromatic N) is 2. The van der Waals surface area contributed by atoms with Crippen molar-refractivity contribution in [1.29, 1.82) is 0 Å². The zero-order valence-corrected chi connectivity index (χ0v) is 11.9. The summed E-state index contributed by atoms with van der Waals surface area (Å²) in [4.78, 5) is 9.31. The quantitative estimate of drug-likeness (QED) is 0.913. The first-order valence-electron chi connectivity index (χ1n) is 6.64. The van der Waals surface area contributed by atoms with Gasteiger partial charge in [-0.25, -0.2) is 9.97 Å². The van der Waals surface area contributed by atoms with Crippen molar-refractivity contribution in [3.63, 3.8) is 0 Å². The molecule has 1 heterocycles. The van der Waals surface area contributed by atoms with Gasteiger partial charge in [-0.05, 0) is 26.0 Å². The molecule has 0 bridgehead atoms. The van der Waals surface area contributed by atoms with Gasteiger partial charge in [-0.1, -0.05) is 44.2 Å². The highest BCUT2D eigenvalue weighted by Crippen LogP contribution is 2.26. The normalized spacial score (nSPS) is 11.6. The van der Waals surface area contributed by atoms with E-state index in [1.54, 1.807) is 0 Å². The van der Waals surface area contributed by atoms with Gasteiger partial charge < -0.3 is 5.73 Å². The van der Waals surface area contributed by atoms with Crippen molar-refractivity contribution in [2.45, 2.75) is 32.6 Å². The summed E-state index contributed by atoms with van der Waals surface area (Å²) < 4.78 is 0. The molecule has 1 aromatic heterocycles. The smallest absolute Gasteiger partial charge is 0.134 e. The minimum absolute atomic E-state index is 0.0930. The van der Waals surface area contributed by atoms with Gasteiger partial charge in [0.25, 0.3) is 0 Å². The van der Waals surface area contributed by atoms with Gasteiger partial charge in [-0.15, -0.1) is 0 Å². The Bertz CT molecular complexity index is 547. The van der Waals surface area contributed by atoms with Crippen LogP contribution >= 0.6 is 0 Å². The number of benzene rings is 1. The summed E-state index contributed by atoms with van der Waals surface area (Å²) in [6, 6.07) is 12.2. The molecule has 0 fully saturated rings. The Morgan fingerprint density at radius 3 is 2.42 bits per heavy atom. The van der Waals surface area contributed by atoms with Crippen LogP contribution in [0.2, 0.25) is 0 Å². The van der Waals surface area contributed by atoms with Gasteiger partial charge in [-0.3, -0.25) is 0 Å². The van der Waals surface area contributed by atoms with E-state index in [2.05, 4.69) is 31.0 Å². The number of aromatic nitrogens is 2. The van der Waals surface area contributed by atoms with E-state index >= 15 is 0 Å². The molecule has 100 valence electrons. The van der Waals surface area contributed by atoms with E-state index in [0.29, 0.717) is 6.54 Å². The van der Waals surface area contributed by atoms with Crippen LogP contribution in [0.3, 0.4) is 0 Å². The molecular weight excluding hydrogens is 234 g/mol. The summed E-state index contributed by atoms with van der Waals surface area (Å²) in [7, 11) is 0. The van der Waals surface area contributed by atoms with Crippen molar-refractivity contribution in [3.05, 3.63) is 47.9 Å². The number of hydrogen-bond donors (Lipinski definition) is 1. The Balaban J connectivity index is 2.46. The fourth-order valence-corrected chi connectivity index (χ4v) is 2.10. The minimum Gasteiger partial charge on any atom is -0.330 e.